The first-order valence-corrected chi connectivity index (χ1v) is 10.4. The molecule has 1 aromatic carbocycles. The van der Waals surface area contributed by atoms with Crippen LogP contribution in [0.2, 0.25) is 0 Å². The maximum absolute atomic E-state index is 13.0. The second kappa shape index (κ2) is 9.56. The van der Waals surface area contributed by atoms with E-state index >= 15 is 0 Å². The van der Waals surface area contributed by atoms with Crippen molar-refractivity contribution in [2.24, 2.45) is 5.92 Å². The van der Waals surface area contributed by atoms with E-state index in [1.807, 2.05) is 44.2 Å². The van der Waals surface area contributed by atoms with E-state index in [2.05, 4.69) is 10.4 Å². The van der Waals surface area contributed by atoms with Gasteiger partial charge in [-0.1, -0.05) is 18.2 Å². The Morgan fingerprint density at radius 1 is 1.10 bits per heavy atom. The Labute approximate surface area is 176 Å². The molecule has 1 N–H and O–H groups in total. The standard InChI is InChI=1S/C22H29N5O3/c1-4-25(5-2)22(30)19-15-23-27(18-9-7-6-8-10-18)20(19)24-21(29)17-11-13-26(14-12-17)16(3)28/h6-10,15,17H,4-5,11-14H2,1-3H3,(H,24,29). The first-order valence-electron chi connectivity index (χ1n) is 10.4. The van der Waals surface area contributed by atoms with Crippen LogP contribution in [0.3, 0.4) is 0 Å². The lowest BCUT2D eigenvalue weighted by Gasteiger charge is -2.30. The van der Waals surface area contributed by atoms with Crippen LogP contribution >= 0.6 is 0 Å². The lowest BCUT2D eigenvalue weighted by molar-refractivity contribution is -0.132. The number of benzene rings is 1. The zero-order valence-corrected chi connectivity index (χ0v) is 17.8. The second-order valence-corrected chi connectivity index (χ2v) is 7.40. The van der Waals surface area contributed by atoms with Gasteiger partial charge < -0.3 is 15.1 Å². The monoisotopic (exact) mass is 411 g/mol. The third kappa shape index (κ3) is 4.53. The van der Waals surface area contributed by atoms with Crippen LogP contribution < -0.4 is 5.32 Å². The third-order valence-corrected chi connectivity index (χ3v) is 5.60. The van der Waals surface area contributed by atoms with Crippen LogP contribution in [0.5, 0.6) is 0 Å². The average Bonchev–Trinajstić information content (AvgIpc) is 3.18. The minimum absolute atomic E-state index is 0.0307. The van der Waals surface area contributed by atoms with Crippen LogP contribution in [0.15, 0.2) is 36.5 Å². The Hall–Kier alpha value is -3.16. The number of nitrogens with one attached hydrogen (secondary N) is 1. The molecule has 0 bridgehead atoms. The van der Waals surface area contributed by atoms with Crippen LogP contribution in [0.4, 0.5) is 5.82 Å². The molecule has 2 aromatic rings. The van der Waals surface area contributed by atoms with Crippen LogP contribution in [0, 0.1) is 5.92 Å². The molecule has 30 heavy (non-hydrogen) atoms. The van der Waals surface area contributed by atoms with Crippen molar-refractivity contribution in [3.05, 3.63) is 42.1 Å². The minimum atomic E-state index is -0.212. The fraction of sp³-hybridized carbons (Fsp3) is 0.455. The van der Waals surface area contributed by atoms with Crippen molar-refractivity contribution in [1.29, 1.82) is 0 Å². The maximum atomic E-state index is 13.0. The normalized spacial score (nSPS) is 14.4. The summed E-state index contributed by atoms with van der Waals surface area (Å²) in [6.07, 6.45) is 2.72. The molecule has 1 aliphatic rings. The Morgan fingerprint density at radius 3 is 2.30 bits per heavy atom. The van der Waals surface area contributed by atoms with Gasteiger partial charge in [-0.3, -0.25) is 14.4 Å². The Balaban J connectivity index is 1.87. The summed E-state index contributed by atoms with van der Waals surface area (Å²) in [4.78, 5) is 41.1. The molecule has 0 radical (unpaired) electrons. The molecule has 0 saturated carbocycles. The molecule has 3 rings (SSSR count). The highest BCUT2D eigenvalue weighted by atomic mass is 16.2. The highest BCUT2D eigenvalue weighted by Crippen LogP contribution is 2.25. The number of hydrogen-bond donors (Lipinski definition) is 1. The van der Waals surface area contributed by atoms with E-state index in [1.165, 1.54) is 6.20 Å². The first kappa shape index (κ1) is 21.5. The van der Waals surface area contributed by atoms with Gasteiger partial charge in [-0.2, -0.15) is 5.10 Å². The molecule has 0 spiro atoms. The van der Waals surface area contributed by atoms with Crippen molar-refractivity contribution in [2.75, 3.05) is 31.5 Å². The van der Waals surface area contributed by atoms with Gasteiger partial charge >= 0.3 is 0 Å². The van der Waals surface area contributed by atoms with Crippen molar-refractivity contribution >= 4 is 23.5 Å². The molecule has 1 aliphatic heterocycles. The molecule has 0 atom stereocenters. The summed E-state index contributed by atoms with van der Waals surface area (Å²) < 4.78 is 1.60. The van der Waals surface area contributed by atoms with Gasteiger partial charge in [-0.15, -0.1) is 0 Å². The van der Waals surface area contributed by atoms with Gasteiger partial charge in [-0.05, 0) is 38.8 Å². The molecular formula is C22H29N5O3. The molecule has 160 valence electrons. The number of hydrogen-bond acceptors (Lipinski definition) is 4. The highest BCUT2D eigenvalue weighted by Gasteiger charge is 2.29. The molecule has 0 unspecified atom stereocenters. The largest absolute Gasteiger partial charge is 0.343 e. The summed E-state index contributed by atoms with van der Waals surface area (Å²) in [7, 11) is 0. The molecule has 1 saturated heterocycles. The number of para-hydroxylation sites is 1. The molecule has 8 nitrogen and oxygen atoms in total. The Bertz CT molecular complexity index is 897. The second-order valence-electron chi connectivity index (χ2n) is 7.40. The zero-order valence-electron chi connectivity index (χ0n) is 17.8. The number of carbonyl (C=O) groups is 3. The van der Waals surface area contributed by atoms with Gasteiger partial charge in [0, 0.05) is 39.0 Å². The van der Waals surface area contributed by atoms with E-state index in [0.717, 1.165) is 5.69 Å². The topological polar surface area (TPSA) is 87.5 Å². The van der Waals surface area contributed by atoms with Crippen molar-refractivity contribution in [1.82, 2.24) is 19.6 Å². The smallest absolute Gasteiger partial charge is 0.259 e. The van der Waals surface area contributed by atoms with Gasteiger partial charge in [0.15, 0.2) is 0 Å². The van der Waals surface area contributed by atoms with Gasteiger partial charge in [0.05, 0.1) is 11.9 Å². The predicted molar refractivity (Wildman–Crippen MR) is 114 cm³/mol. The van der Waals surface area contributed by atoms with Crippen LogP contribution in [0.25, 0.3) is 5.69 Å². The third-order valence-electron chi connectivity index (χ3n) is 5.60. The summed E-state index contributed by atoms with van der Waals surface area (Å²) in [5.41, 5.74) is 1.13. The van der Waals surface area contributed by atoms with E-state index in [0.29, 0.717) is 50.4 Å². The molecule has 1 fully saturated rings. The number of aromatic nitrogens is 2. The lowest BCUT2D eigenvalue weighted by Crippen LogP contribution is -2.40. The zero-order chi connectivity index (χ0) is 21.7. The number of rotatable bonds is 6. The summed E-state index contributed by atoms with van der Waals surface area (Å²) in [5.74, 6) is -0.107. The number of amides is 3. The van der Waals surface area contributed by atoms with Gasteiger partial charge in [-0.25, -0.2) is 4.68 Å². The van der Waals surface area contributed by atoms with E-state index in [-0.39, 0.29) is 23.6 Å². The fourth-order valence-corrected chi connectivity index (χ4v) is 3.75. The summed E-state index contributed by atoms with van der Waals surface area (Å²) >= 11 is 0. The average molecular weight is 412 g/mol. The number of nitrogens with zero attached hydrogens (tertiary/aromatic N) is 4. The van der Waals surface area contributed by atoms with Crippen molar-refractivity contribution in [3.8, 4) is 5.69 Å². The molecular weight excluding hydrogens is 382 g/mol. The van der Waals surface area contributed by atoms with Crippen LogP contribution in [-0.4, -0.2) is 63.5 Å². The Kier molecular flexibility index (Phi) is 6.87. The predicted octanol–water partition coefficient (Wildman–Crippen LogP) is 2.55. The Morgan fingerprint density at radius 2 is 1.73 bits per heavy atom. The quantitative estimate of drug-likeness (QED) is 0.791. The van der Waals surface area contributed by atoms with Gasteiger partial charge in [0.2, 0.25) is 11.8 Å². The van der Waals surface area contributed by atoms with Gasteiger partial charge in [0.1, 0.15) is 11.4 Å². The van der Waals surface area contributed by atoms with E-state index in [4.69, 9.17) is 0 Å². The van der Waals surface area contributed by atoms with E-state index in [9.17, 15) is 14.4 Å². The molecule has 0 aliphatic carbocycles. The molecule has 3 amide bonds. The van der Waals surface area contributed by atoms with Crippen LogP contribution in [-0.2, 0) is 9.59 Å². The maximum Gasteiger partial charge on any atom is 0.259 e. The fourth-order valence-electron chi connectivity index (χ4n) is 3.75. The van der Waals surface area contributed by atoms with Crippen molar-refractivity contribution < 1.29 is 14.4 Å². The van der Waals surface area contributed by atoms with Crippen molar-refractivity contribution in [3.63, 3.8) is 0 Å². The van der Waals surface area contributed by atoms with Crippen LogP contribution in [0.1, 0.15) is 44.0 Å². The summed E-state index contributed by atoms with van der Waals surface area (Å²) in [6, 6.07) is 9.41. The minimum Gasteiger partial charge on any atom is -0.343 e. The number of carbonyl (C=O) groups excluding carboxylic acids is 3. The SMILES string of the molecule is CCN(CC)C(=O)c1cnn(-c2ccccc2)c1NC(=O)C1CCN(C(C)=O)CC1. The van der Waals surface area contributed by atoms with Crippen molar-refractivity contribution in [2.45, 2.75) is 33.6 Å². The molecule has 2 heterocycles. The van der Waals surface area contributed by atoms with E-state index < -0.39 is 0 Å². The first-order chi connectivity index (χ1) is 14.5. The number of likely N-dealkylation sites (tertiary alicyclic amines) is 1. The highest BCUT2D eigenvalue weighted by molar-refractivity contribution is 6.03. The number of piperidine rings is 1. The number of anilines is 1. The summed E-state index contributed by atoms with van der Waals surface area (Å²) in [6.45, 7) is 7.66. The van der Waals surface area contributed by atoms with E-state index in [1.54, 1.807) is 21.4 Å². The molecule has 1 aromatic heterocycles. The lowest BCUT2D eigenvalue weighted by atomic mass is 9.96. The van der Waals surface area contributed by atoms with Gasteiger partial charge in [0.25, 0.3) is 5.91 Å². The summed E-state index contributed by atoms with van der Waals surface area (Å²) in [5, 5.41) is 7.36. The molecule has 8 heteroatoms.